The molecule has 2 aromatic carbocycles. The van der Waals surface area contributed by atoms with E-state index in [0.717, 1.165) is 44.0 Å². The first-order chi connectivity index (χ1) is 11.3. The van der Waals surface area contributed by atoms with E-state index in [1.807, 2.05) is 43.3 Å². The lowest BCUT2D eigenvalue weighted by Gasteiger charge is -2.07. The highest BCUT2D eigenvalue weighted by molar-refractivity contribution is 7.98. The summed E-state index contributed by atoms with van der Waals surface area (Å²) in [5.74, 6) is 0.729. The van der Waals surface area contributed by atoms with E-state index in [0.29, 0.717) is 0 Å². The maximum Gasteiger partial charge on any atom is 0.127 e. The second kappa shape index (κ2) is 5.93. The summed E-state index contributed by atoms with van der Waals surface area (Å²) in [7, 11) is 0. The highest BCUT2D eigenvalue weighted by atomic mass is 32.2. The van der Waals surface area contributed by atoms with Gasteiger partial charge in [0.15, 0.2) is 0 Å². The fraction of sp³-hybridized carbons (Fsp3) is 0.111. The Morgan fingerprint density at radius 3 is 2.52 bits per heavy atom. The van der Waals surface area contributed by atoms with Crippen LogP contribution in [0.25, 0.3) is 21.8 Å². The number of aryl methyl sites for hydroxylation is 1. The van der Waals surface area contributed by atoms with Crippen molar-refractivity contribution in [1.82, 2.24) is 20.2 Å². The Hall–Kier alpha value is -2.53. The maximum absolute atomic E-state index is 4.74. The largest absolute Gasteiger partial charge is 0.250 e. The lowest BCUT2D eigenvalue weighted by Crippen LogP contribution is -1.97. The molecule has 0 saturated heterocycles. The van der Waals surface area contributed by atoms with Gasteiger partial charge in [-0.3, -0.25) is 0 Å². The molecular weight excluding hydrogens is 304 g/mol. The summed E-state index contributed by atoms with van der Waals surface area (Å²) >= 11 is 1.65. The van der Waals surface area contributed by atoms with Crippen LogP contribution in [-0.4, -0.2) is 20.2 Å². The van der Waals surface area contributed by atoms with Gasteiger partial charge in [0.2, 0.25) is 0 Å². The Bertz CT molecular complexity index is 995. The summed E-state index contributed by atoms with van der Waals surface area (Å²) < 4.78 is 0. The van der Waals surface area contributed by atoms with Crippen LogP contribution in [0.1, 0.15) is 11.4 Å². The zero-order valence-electron chi connectivity index (χ0n) is 12.6. The first-order valence-electron chi connectivity index (χ1n) is 7.37. The van der Waals surface area contributed by atoms with Crippen molar-refractivity contribution < 1.29 is 0 Å². The van der Waals surface area contributed by atoms with Crippen molar-refractivity contribution in [3.05, 3.63) is 66.1 Å². The molecule has 0 unspecified atom stereocenters. The van der Waals surface area contributed by atoms with Crippen molar-refractivity contribution in [1.29, 1.82) is 0 Å². The van der Waals surface area contributed by atoms with Crippen molar-refractivity contribution in [2.75, 3.05) is 0 Å². The number of para-hydroxylation sites is 2. The van der Waals surface area contributed by atoms with Crippen molar-refractivity contribution in [3.63, 3.8) is 0 Å². The SMILES string of the molecule is Cc1nc2ccccc2nc1CSc1nncc2ccccc12. The Morgan fingerprint density at radius 1 is 0.913 bits per heavy atom. The monoisotopic (exact) mass is 318 g/mol. The lowest BCUT2D eigenvalue weighted by molar-refractivity contribution is 0.954. The molecule has 2 aromatic heterocycles. The predicted octanol–water partition coefficient (Wildman–Crippen LogP) is 4.17. The number of rotatable bonds is 3. The van der Waals surface area contributed by atoms with Crippen LogP contribution in [0.4, 0.5) is 0 Å². The van der Waals surface area contributed by atoms with E-state index in [1.165, 1.54) is 0 Å². The van der Waals surface area contributed by atoms with Crippen molar-refractivity contribution >= 4 is 33.6 Å². The molecular formula is C18H14N4S. The third kappa shape index (κ3) is 2.75. The molecule has 4 rings (SSSR count). The van der Waals surface area contributed by atoms with Crippen LogP contribution in [0.5, 0.6) is 0 Å². The van der Waals surface area contributed by atoms with Gasteiger partial charge in [0.1, 0.15) is 5.03 Å². The second-order valence-electron chi connectivity index (χ2n) is 5.27. The zero-order chi connectivity index (χ0) is 15.6. The first kappa shape index (κ1) is 14.1. The Balaban J connectivity index is 1.67. The lowest BCUT2D eigenvalue weighted by atomic mass is 10.2. The summed E-state index contributed by atoms with van der Waals surface area (Å²) in [6.45, 7) is 2.00. The summed E-state index contributed by atoms with van der Waals surface area (Å²) in [4.78, 5) is 9.38. The molecule has 0 fully saturated rings. The van der Waals surface area contributed by atoms with Gasteiger partial charge in [-0.2, -0.15) is 5.10 Å². The highest BCUT2D eigenvalue weighted by Crippen LogP contribution is 2.28. The van der Waals surface area contributed by atoms with Crippen molar-refractivity contribution in [2.45, 2.75) is 17.7 Å². The van der Waals surface area contributed by atoms with E-state index in [1.54, 1.807) is 18.0 Å². The van der Waals surface area contributed by atoms with E-state index in [4.69, 9.17) is 4.98 Å². The molecule has 0 saturated carbocycles. The third-order valence-electron chi connectivity index (χ3n) is 3.73. The van der Waals surface area contributed by atoms with Gasteiger partial charge in [0, 0.05) is 16.5 Å². The van der Waals surface area contributed by atoms with Crippen LogP contribution in [0.15, 0.2) is 59.8 Å². The molecule has 0 radical (unpaired) electrons. The first-order valence-corrected chi connectivity index (χ1v) is 8.35. The molecule has 4 nitrogen and oxygen atoms in total. The predicted molar refractivity (Wildman–Crippen MR) is 93.4 cm³/mol. The fourth-order valence-corrected chi connectivity index (χ4v) is 3.50. The summed E-state index contributed by atoms with van der Waals surface area (Å²) in [5, 5.41) is 11.5. The minimum Gasteiger partial charge on any atom is -0.250 e. The van der Waals surface area contributed by atoms with Gasteiger partial charge in [0.05, 0.1) is 28.6 Å². The van der Waals surface area contributed by atoms with Crippen molar-refractivity contribution in [2.24, 2.45) is 0 Å². The molecule has 0 atom stereocenters. The van der Waals surface area contributed by atoms with Crippen LogP contribution in [0.2, 0.25) is 0 Å². The maximum atomic E-state index is 4.74. The molecule has 0 N–H and O–H groups in total. The number of nitrogens with zero attached hydrogens (tertiary/aromatic N) is 4. The van der Waals surface area contributed by atoms with E-state index in [-0.39, 0.29) is 0 Å². The Kier molecular flexibility index (Phi) is 3.63. The molecule has 4 aromatic rings. The molecule has 0 amide bonds. The molecule has 0 aliphatic heterocycles. The number of aromatic nitrogens is 4. The van der Waals surface area contributed by atoms with Gasteiger partial charge < -0.3 is 0 Å². The molecule has 112 valence electrons. The Morgan fingerprint density at radius 2 is 1.65 bits per heavy atom. The topological polar surface area (TPSA) is 51.6 Å². The molecule has 0 aliphatic carbocycles. The number of benzene rings is 2. The normalized spacial score (nSPS) is 11.2. The van der Waals surface area contributed by atoms with E-state index >= 15 is 0 Å². The molecule has 0 bridgehead atoms. The third-order valence-corrected chi connectivity index (χ3v) is 4.72. The van der Waals surface area contributed by atoms with E-state index < -0.39 is 0 Å². The van der Waals surface area contributed by atoms with E-state index in [2.05, 4.69) is 27.3 Å². The van der Waals surface area contributed by atoms with Gasteiger partial charge in [-0.05, 0) is 19.1 Å². The molecule has 0 aliphatic rings. The van der Waals surface area contributed by atoms with Gasteiger partial charge in [-0.15, -0.1) is 5.10 Å². The Labute approximate surface area is 138 Å². The average Bonchev–Trinajstić information content (AvgIpc) is 2.60. The van der Waals surface area contributed by atoms with Crippen LogP contribution in [0, 0.1) is 6.92 Å². The van der Waals surface area contributed by atoms with Gasteiger partial charge in [0.25, 0.3) is 0 Å². The van der Waals surface area contributed by atoms with Crippen LogP contribution in [0.3, 0.4) is 0 Å². The van der Waals surface area contributed by atoms with Crippen LogP contribution < -0.4 is 0 Å². The van der Waals surface area contributed by atoms with Crippen LogP contribution >= 0.6 is 11.8 Å². The second-order valence-corrected chi connectivity index (χ2v) is 6.23. The summed E-state index contributed by atoms with van der Waals surface area (Å²) in [6.07, 6.45) is 1.79. The number of fused-ring (bicyclic) bond motifs is 2. The minimum absolute atomic E-state index is 0.729. The minimum atomic E-state index is 0.729. The number of hydrogen-bond acceptors (Lipinski definition) is 5. The summed E-state index contributed by atoms with van der Waals surface area (Å²) in [6, 6.07) is 16.1. The van der Waals surface area contributed by atoms with Crippen LogP contribution in [-0.2, 0) is 5.75 Å². The number of hydrogen-bond donors (Lipinski definition) is 0. The highest BCUT2D eigenvalue weighted by Gasteiger charge is 2.09. The van der Waals surface area contributed by atoms with Gasteiger partial charge in [-0.1, -0.05) is 48.2 Å². The molecule has 23 heavy (non-hydrogen) atoms. The quantitative estimate of drug-likeness (QED) is 0.531. The number of thioether (sulfide) groups is 1. The smallest absolute Gasteiger partial charge is 0.127 e. The fourth-order valence-electron chi connectivity index (χ4n) is 2.51. The van der Waals surface area contributed by atoms with Gasteiger partial charge >= 0.3 is 0 Å². The van der Waals surface area contributed by atoms with Gasteiger partial charge in [-0.25, -0.2) is 9.97 Å². The summed E-state index contributed by atoms with van der Waals surface area (Å²) in [5.41, 5.74) is 3.81. The molecule has 5 heteroatoms. The van der Waals surface area contributed by atoms with Crippen molar-refractivity contribution in [3.8, 4) is 0 Å². The zero-order valence-corrected chi connectivity index (χ0v) is 13.4. The standard InChI is InChI=1S/C18H14N4S/c1-12-17(21-16-9-5-4-8-15(16)20-12)11-23-18-14-7-3-2-6-13(14)10-19-22-18/h2-10H,11H2,1H3. The molecule has 0 spiro atoms. The average molecular weight is 318 g/mol. The molecule has 2 heterocycles. The van der Waals surface area contributed by atoms with E-state index in [9.17, 15) is 0 Å².